The van der Waals surface area contributed by atoms with Crippen molar-refractivity contribution in [1.82, 2.24) is 0 Å². The van der Waals surface area contributed by atoms with E-state index in [0.29, 0.717) is 5.92 Å². The lowest BCUT2D eigenvalue weighted by atomic mass is 10.1. The lowest BCUT2D eigenvalue weighted by Gasteiger charge is -2.00. The Balaban J connectivity index is 2.26. The minimum atomic E-state index is -0.157. The molecule has 1 unspecified atom stereocenters. The molecule has 1 aromatic carbocycles. The van der Waals surface area contributed by atoms with Crippen LogP contribution in [0.4, 0.5) is 4.39 Å². The SMILES string of the molecule is Fc1cccc(C2CC2(Br)Br)c1. The zero-order chi connectivity index (χ0) is 8.77. The predicted molar refractivity (Wildman–Crippen MR) is 54.3 cm³/mol. The molecule has 3 heteroatoms. The van der Waals surface area contributed by atoms with E-state index in [1.165, 1.54) is 6.07 Å². The first-order valence-corrected chi connectivity index (χ1v) is 5.31. The highest BCUT2D eigenvalue weighted by molar-refractivity contribution is 9.25. The highest BCUT2D eigenvalue weighted by Crippen LogP contribution is 2.62. The smallest absolute Gasteiger partial charge is 0.123 e. The largest absolute Gasteiger partial charge is 0.207 e. The quantitative estimate of drug-likeness (QED) is 0.691. The van der Waals surface area contributed by atoms with Crippen molar-refractivity contribution in [3.63, 3.8) is 0 Å². The first-order chi connectivity index (χ1) is 5.59. The average molecular weight is 294 g/mol. The van der Waals surface area contributed by atoms with Gasteiger partial charge in [0.05, 0.1) is 3.23 Å². The van der Waals surface area contributed by atoms with Gasteiger partial charge < -0.3 is 0 Å². The number of rotatable bonds is 1. The number of benzene rings is 1. The van der Waals surface area contributed by atoms with Crippen LogP contribution in [0.2, 0.25) is 0 Å². The van der Waals surface area contributed by atoms with Gasteiger partial charge in [-0.25, -0.2) is 4.39 Å². The average Bonchev–Trinajstić information content (AvgIpc) is 2.60. The number of hydrogen-bond acceptors (Lipinski definition) is 0. The molecule has 0 aromatic heterocycles. The summed E-state index contributed by atoms with van der Waals surface area (Å²) in [4.78, 5) is 0. The molecule has 1 fully saturated rings. The maximum Gasteiger partial charge on any atom is 0.123 e. The summed E-state index contributed by atoms with van der Waals surface area (Å²) in [5.74, 6) is 0.253. The fourth-order valence-corrected chi connectivity index (χ4v) is 2.47. The summed E-state index contributed by atoms with van der Waals surface area (Å²) >= 11 is 7.02. The van der Waals surface area contributed by atoms with Gasteiger partial charge in [0.25, 0.3) is 0 Å². The molecule has 0 aliphatic heterocycles. The van der Waals surface area contributed by atoms with Gasteiger partial charge in [0.2, 0.25) is 0 Å². The molecule has 1 aromatic rings. The van der Waals surface area contributed by atoms with Gasteiger partial charge in [-0.3, -0.25) is 0 Å². The Morgan fingerprint density at radius 1 is 1.42 bits per heavy atom. The summed E-state index contributed by atoms with van der Waals surface area (Å²) in [6.45, 7) is 0. The minimum Gasteiger partial charge on any atom is -0.207 e. The zero-order valence-electron chi connectivity index (χ0n) is 6.23. The first kappa shape index (κ1) is 8.70. The van der Waals surface area contributed by atoms with E-state index in [4.69, 9.17) is 0 Å². The highest BCUT2D eigenvalue weighted by atomic mass is 79.9. The summed E-state index contributed by atoms with van der Waals surface area (Å²) < 4.78 is 12.8. The van der Waals surface area contributed by atoms with Crippen LogP contribution in [0.5, 0.6) is 0 Å². The monoisotopic (exact) mass is 292 g/mol. The second-order valence-corrected chi connectivity index (χ2v) is 6.97. The standard InChI is InChI=1S/C9H7Br2F/c10-9(11)5-8(9)6-2-1-3-7(12)4-6/h1-4,8H,5H2. The van der Waals surface area contributed by atoms with Gasteiger partial charge in [0.1, 0.15) is 5.82 Å². The lowest BCUT2D eigenvalue weighted by molar-refractivity contribution is 0.625. The molecule has 0 heterocycles. The Kier molecular flexibility index (Phi) is 2.04. The maximum atomic E-state index is 12.8. The molecule has 1 aliphatic rings. The Bertz CT molecular complexity index is 309. The predicted octanol–water partition coefficient (Wildman–Crippen LogP) is 3.80. The van der Waals surface area contributed by atoms with Gasteiger partial charge in [-0.15, -0.1) is 0 Å². The van der Waals surface area contributed by atoms with Crippen molar-refractivity contribution in [3.8, 4) is 0 Å². The third kappa shape index (κ3) is 1.57. The Labute approximate surface area is 87.4 Å². The second kappa shape index (κ2) is 2.81. The molecular weight excluding hydrogens is 287 g/mol. The van der Waals surface area contributed by atoms with Crippen LogP contribution in [0, 0.1) is 5.82 Å². The van der Waals surface area contributed by atoms with Crippen LogP contribution in [0.15, 0.2) is 24.3 Å². The molecule has 64 valence electrons. The van der Waals surface area contributed by atoms with Gasteiger partial charge in [0.15, 0.2) is 0 Å². The van der Waals surface area contributed by atoms with Crippen molar-refractivity contribution >= 4 is 31.9 Å². The van der Waals surface area contributed by atoms with E-state index in [1.54, 1.807) is 12.1 Å². The summed E-state index contributed by atoms with van der Waals surface area (Å²) in [6, 6.07) is 6.77. The first-order valence-electron chi connectivity index (χ1n) is 3.73. The van der Waals surface area contributed by atoms with E-state index in [9.17, 15) is 4.39 Å². The van der Waals surface area contributed by atoms with Crippen molar-refractivity contribution in [2.24, 2.45) is 0 Å². The van der Waals surface area contributed by atoms with E-state index in [2.05, 4.69) is 31.9 Å². The molecule has 0 saturated heterocycles. The van der Waals surface area contributed by atoms with Crippen LogP contribution in [0.3, 0.4) is 0 Å². The van der Waals surface area contributed by atoms with Gasteiger partial charge >= 0.3 is 0 Å². The van der Waals surface area contributed by atoms with E-state index in [1.807, 2.05) is 6.07 Å². The third-order valence-corrected chi connectivity index (χ3v) is 3.83. The molecule has 1 saturated carbocycles. The zero-order valence-corrected chi connectivity index (χ0v) is 9.40. The fourth-order valence-electron chi connectivity index (χ4n) is 1.30. The summed E-state index contributed by atoms with van der Waals surface area (Å²) in [6.07, 6.45) is 1.02. The van der Waals surface area contributed by atoms with Crippen LogP contribution < -0.4 is 0 Å². The molecule has 12 heavy (non-hydrogen) atoms. The van der Waals surface area contributed by atoms with E-state index in [-0.39, 0.29) is 9.05 Å². The van der Waals surface area contributed by atoms with Crippen LogP contribution in [0.1, 0.15) is 17.9 Å². The molecular formula is C9H7Br2F. The summed E-state index contributed by atoms with van der Waals surface area (Å²) in [5, 5.41) is 0. The summed E-state index contributed by atoms with van der Waals surface area (Å²) in [7, 11) is 0. The topological polar surface area (TPSA) is 0 Å². The van der Waals surface area contributed by atoms with Crippen LogP contribution in [0.25, 0.3) is 0 Å². The Morgan fingerprint density at radius 2 is 2.08 bits per heavy atom. The molecule has 0 bridgehead atoms. The lowest BCUT2D eigenvalue weighted by Crippen LogP contribution is -1.88. The van der Waals surface area contributed by atoms with E-state index >= 15 is 0 Å². The summed E-state index contributed by atoms with van der Waals surface area (Å²) in [5.41, 5.74) is 1.06. The van der Waals surface area contributed by atoms with Crippen molar-refractivity contribution < 1.29 is 4.39 Å². The third-order valence-electron chi connectivity index (χ3n) is 2.08. The number of hydrogen-bond donors (Lipinski definition) is 0. The molecule has 0 radical (unpaired) electrons. The molecule has 0 nitrogen and oxygen atoms in total. The van der Waals surface area contributed by atoms with Gasteiger partial charge in [-0.2, -0.15) is 0 Å². The van der Waals surface area contributed by atoms with Gasteiger partial charge in [0, 0.05) is 5.92 Å². The highest BCUT2D eigenvalue weighted by Gasteiger charge is 2.51. The molecule has 1 atom stereocenters. The maximum absolute atomic E-state index is 12.8. The van der Waals surface area contributed by atoms with Crippen LogP contribution in [-0.2, 0) is 0 Å². The van der Waals surface area contributed by atoms with Crippen LogP contribution >= 0.6 is 31.9 Å². The van der Waals surface area contributed by atoms with Gasteiger partial charge in [-0.1, -0.05) is 44.0 Å². The van der Waals surface area contributed by atoms with Crippen molar-refractivity contribution in [3.05, 3.63) is 35.6 Å². The van der Waals surface area contributed by atoms with Crippen molar-refractivity contribution in [2.75, 3.05) is 0 Å². The Hall–Kier alpha value is 0.110. The molecule has 2 rings (SSSR count). The van der Waals surface area contributed by atoms with Crippen molar-refractivity contribution in [2.45, 2.75) is 15.6 Å². The number of alkyl halides is 2. The second-order valence-electron chi connectivity index (χ2n) is 3.07. The normalized spacial score (nSPS) is 25.4. The molecule has 1 aliphatic carbocycles. The van der Waals surface area contributed by atoms with Crippen molar-refractivity contribution in [1.29, 1.82) is 0 Å². The van der Waals surface area contributed by atoms with E-state index in [0.717, 1.165) is 12.0 Å². The molecule has 0 spiro atoms. The van der Waals surface area contributed by atoms with E-state index < -0.39 is 0 Å². The Morgan fingerprint density at radius 3 is 2.58 bits per heavy atom. The van der Waals surface area contributed by atoms with Crippen LogP contribution in [-0.4, -0.2) is 3.23 Å². The minimum absolute atomic E-state index is 0.0216. The van der Waals surface area contributed by atoms with Gasteiger partial charge in [-0.05, 0) is 24.1 Å². The fraction of sp³-hybridized carbons (Fsp3) is 0.333. The number of halogens is 3. The molecule has 0 amide bonds. The molecule has 0 N–H and O–H groups in total.